The van der Waals surface area contributed by atoms with Crippen molar-refractivity contribution in [2.75, 3.05) is 5.32 Å². The third-order valence-electron chi connectivity index (χ3n) is 3.81. The molecule has 0 fully saturated rings. The summed E-state index contributed by atoms with van der Waals surface area (Å²) in [6.45, 7) is 0. The molecule has 4 rings (SSSR count). The Bertz CT molecular complexity index is 1050. The van der Waals surface area contributed by atoms with Crippen LogP contribution in [-0.2, 0) is 11.2 Å². The first-order valence-corrected chi connectivity index (χ1v) is 7.96. The molecule has 134 valence electrons. The molecule has 10 heteroatoms. The van der Waals surface area contributed by atoms with Gasteiger partial charge in [-0.1, -0.05) is 12.1 Å². The van der Waals surface area contributed by atoms with Crippen molar-refractivity contribution in [3.05, 3.63) is 72.8 Å². The van der Waals surface area contributed by atoms with E-state index in [4.69, 9.17) is 0 Å². The molecule has 0 saturated heterocycles. The highest BCUT2D eigenvalue weighted by Crippen LogP contribution is 2.18. The number of halogens is 1. The van der Waals surface area contributed by atoms with E-state index < -0.39 is 5.82 Å². The number of carbonyl (C=O) groups excluding carboxylic acids is 1. The molecule has 1 amide bonds. The van der Waals surface area contributed by atoms with Gasteiger partial charge in [-0.15, -0.1) is 5.10 Å². The number of amides is 1. The van der Waals surface area contributed by atoms with Gasteiger partial charge in [0.25, 0.3) is 0 Å². The fourth-order valence-corrected chi connectivity index (χ4v) is 2.54. The van der Waals surface area contributed by atoms with Gasteiger partial charge in [-0.25, -0.2) is 18.7 Å². The van der Waals surface area contributed by atoms with Crippen LogP contribution in [0.2, 0.25) is 0 Å². The molecule has 0 aliphatic rings. The molecule has 9 nitrogen and oxygen atoms in total. The van der Waals surface area contributed by atoms with Crippen LogP contribution in [0.3, 0.4) is 0 Å². The number of carbonyl (C=O) groups is 1. The van der Waals surface area contributed by atoms with E-state index in [0.717, 1.165) is 11.3 Å². The lowest BCUT2D eigenvalue weighted by Crippen LogP contribution is -2.14. The smallest absolute Gasteiger partial charge is 0.228 e. The van der Waals surface area contributed by atoms with Gasteiger partial charge >= 0.3 is 0 Å². The number of nitrogens with one attached hydrogen (secondary N) is 1. The van der Waals surface area contributed by atoms with Gasteiger partial charge in [-0.3, -0.25) is 4.79 Å². The number of hydrogen-bond donors (Lipinski definition) is 1. The highest BCUT2D eigenvalue weighted by molar-refractivity contribution is 5.92. The number of anilines is 1. The zero-order chi connectivity index (χ0) is 18.6. The van der Waals surface area contributed by atoms with Crippen molar-refractivity contribution < 1.29 is 9.18 Å². The lowest BCUT2D eigenvalue weighted by atomic mass is 10.1. The van der Waals surface area contributed by atoms with Crippen LogP contribution < -0.4 is 5.32 Å². The minimum atomic E-state index is -0.510. The fourth-order valence-electron chi connectivity index (χ4n) is 2.54. The summed E-state index contributed by atoms with van der Waals surface area (Å²) in [5.41, 5.74) is 2.22. The molecule has 0 spiro atoms. The Morgan fingerprint density at radius 1 is 1.07 bits per heavy atom. The lowest BCUT2D eigenvalue weighted by Gasteiger charge is -2.08. The maximum Gasteiger partial charge on any atom is 0.228 e. The molecule has 2 aromatic carbocycles. The average molecular weight is 364 g/mol. The molecule has 1 N–H and O–H groups in total. The van der Waals surface area contributed by atoms with E-state index in [-0.39, 0.29) is 18.0 Å². The predicted octanol–water partition coefficient (Wildman–Crippen LogP) is 1.56. The number of rotatable bonds is 5. The molecule has 0 atom stereocenters. The molecule has 2 heterocycles. The average Bonchev–Trinajstić information content (AvgIpc) is 3.36. The van der Waals surface area contributed by atoms with Crippen LogP contribution >= 0.6 is 0 Å². The van der Waals surface area contributed by atoms with Crippen LogP contribution in [0.25, 0.3) is 11.4 Å². The number of hydrogen-bond acceptors (Lipinski definition) is 6. The molecule has 0 saturated carbocycles. The quantitative estimate of drug-likeness (QED) is 0.576. The summed E-state index contributed by atoms with van der Waals surface area (Å²) in [4.78, 5) is 16.0. The summed E-state index contributed by atoms with van der Waals surface area (Å²) in [5, 5.41) is 17.5. The van der Waals surface area contributed by atoms with E-state index in [1.165, 1.54) is 40.5 Å². The summed E-state index contributed by atoms with van der Waals surface area (Å²) in [5.74, 6) is -0.762. The number of benzene rings is 2. The lowest BCUT2D eigenvalue weighted by molar-refractivity contribution is -0.115. The second-order valence-electron chi connectivity index (χ2n) is 5.65. The van der Waals surface area contributed by atoms with E-state index in [0.29, 0.717) is 5.69 Å². The Kier molecular flexibility index (Phi) is 4.35. The predicted molar refractivity (Wildman–Crippen MR) is 92.8 cm³/mol. The van der Waals surface area contributed by atoms with Crippen molar-refractivity contribution in [2.24, 2.45) is 0 Å². The highest BCUT2D eigenvalue weighted by atomic mass is 19.1. The molecular formula is C17H13FN8O. The molecule has 27 heavy (non-hydrogen) atoms. The van der Waals surface area contributed by atoms with Crippen molar-refractivity contribution in [2.45, 2.75) is 6.42 Å². The van der Waals surface area contributed by atoms with Gasteiger partial charge in [-0.2, -0.15) is 5.10 Å². The van der Waals surface area contributed by atoms with E-state index in [9.17, 15) is 9.18 Å². The number of tetrazole rings is 1. The summed E-state index contributed by atoms with van der Waals surface area (Å²) in [7, 11) is 0. The van der Waals surface area contributed by atoms with E-state index >= 15 is 0 Å². The summed E-state index contributed by atoms with van der Waals surface area (Å²) in [6, 6.07) is 11.6. The van der Waals surface area contributed by atoms with Gasteiger partial charge < -0.3 is 5.32 Å². The van der Waals surface area contributed by atoms with E-state index in [1.807, 2.05) is 24.3 Å². The first-order valence-electron chi connectivity index (χ1n) is 7.96. The van der Waals surface area contributed by atoms with Gasteiger partial charge in [0, 0.05) is 5.69 Å². The molecule has 0 aliphatic heterocycles. The zero-order valence-corrected chi connectivity index (χ0v) is 13.9. The monoisotopic (exact) mass is 364 g/mol. The molecular weight excluding hydrogens is 351 g/mol. The number of nitrogens with zero attached hydrogens (tertiary/aromatic N) is 7. The normalized spacial score (nSPS) is 10.7. The third kappa shape index (κ3) is 3.68. The van der Waals surface area contributed by atoms with E-state index in [1.54, 1.807) is 6.07 Å². The third-order valence-corrected chi connectivity index (χ3v) is 3.81. The molecule has 2 aromatic heterocycles. The summed E-state index contributed by atoms with van der Waals surface area (Å²) < 4.78 is 17.0. The highest BCUT2D eigenvalue weighted by Gasteiger charge is 2.09. The Labute approximate surface area is 152 Å². The van der Waals surface area contributed by atoms with Crippen LogP contribution in [0, 0.1) is 5.82 Å². The Balaban J connectivity index is 1.41. The van der Waals surface area contributed by atoms with Crippen molar-refractivity contribution >= 4 is 11.6 Å². The van der Waals surface area contributed by atoms with Crippen LogP contribution in [0.1, 0.15) is 5.56 Å². The minimum Gasteiger partial charge on any atom is -0.326 e. The van der Waals surface area contributed by atoms with Crippen molar-refractivity contribution in [3.63, 3.8) is 0 Å². The van der Waals surface area contributed by atoms with Crippen molar-refractivity contribution in [3.8, 4) is 11.4 Å². The van der Waals surface area contributed by atoms with Crippen LogP contribution in [0.5, 0.6) is 0 Å². The first kappa shape index (κ1) is 16.5. The maximum absolute atomic E-state index is 14.2. The fraction of sp³-hybridized carbons (Fsp3) is 0.0588. The maximum atomic E-state index is 14.2. The zero-order valence-electron chi connectivity index (χ0n) is 13.9. The standard InChI is InChI=1S/C17H13FN8O/c18-15-8-13(3-6-16(15)26-10-19-9-21-26)22-17(27)7-12-1-4-14(5-2-12)25-11-20-23-24-25/h1-6,8-11H,7H2,(H,22,27). The minimum absolute atomic E-state index is 0.155. The SMILES string of the molecule is O=C(Cc1ccc(-n2cnnn2)cc1)Nc1ccc(-n2cncn2)c(F)c1. The second-order valence-corrected chi connectivity index (χ2v) is 5.65. The summed E-state index contributed by atoms with van der Waals surface area (Å²) >= 11 is 0. The number of aromatic nitrogens is 7. The Morgan fingerprint density at radius 3 is 2.59 bits per heavy atom. The topological polar surface area (TPSA) is 103 Å². The molecule has 0 unspecified atom stereocenters. The van der Waals surface area contributed by atoms with Gasteiger partial charge in [-0.05, 0) is 46.3 Å². The Morgan fingerprint density at radius 2 is 1.93 bits per heavy atom. The Hall–Kier alpha value is -3.95. The van der Waals surface area contributed by atoms with Gasteiger partial charge in [0.05, 0.1) is 12.1 Å². The molecule has 4 aromatic rings. The van der Waals surface area contributed by atoms with Crippen LogP contribution in [0.15, 0.2) is 61.4 Å². The largest absolute Gasteiger partial charge is 0.326 e. The van der Waals surface area contributed by atoms with Gasteiger partial charge in [0.2, 0.25) is 5.91 Å². The van der Waals surface area contributed by atoms with Crippen LogP contribution in [-0.4, -0.2) is 40.9 Å². The first-order chi connectivity index (χ1) is 13.2. The van der Waals surface area contributed by atoms with Crippen molar-refractivity contribution in [1.82, 2.24) is 35.0 Å². The van der Waals surface area contributed by atoms with Gasteiger partial charge in [0.15, 0.2) is 5.82 Å². The summed E-state index contributed by atoms with van der Waals surface area (Å²) in [6.07, 6.45) is 4.36. The van der Waals surface area contributed by atoms with Gasteiger partial charge in [0.1, 0.15) is 24.7 Å². The molecule has 0 radical (unpaired) electrons. The van der Waals surface area contributed by atoms with Crippen LogP contribution in [0.4, 0.5) is 10.1 Å². The molecule has 0 bridgehead atoms. The molecule has 0 aliphatic carbocycles. The van der Waals surface area contributed by atoms with Crippen molar-refractivity contribution in [1.29, 1.82) is 0 Å². The second kappa shape index (κ2) is 7.12. The van der Waals surface area contributed by atoms with E-state index in [2.05, 4.69) is 30.9 Å².